The van der Waals surface area contributed by atoms with Crippen LogP contribution in [-0.4, -0.2) is 23.0 Å². The molecule has 1 aromatic heterocycles. The predicted molar refractivity (Wildman–Crippen MR) is 106 cm³/mol. The van der Waals surface area contributed by atoms with Gasteiger partial charge in [-0.15, -0.1) is 11.3 Å². The van der Waals surface area contributed by atoms with Gasteiger partial charge in [0.25, 0.3) is 0 Å². The number of benzene rings is 2. The summed E-state index contributed by atoms with van der Waals surface area (Å²) in [6.45, 7) is 4.98. The minimum absolute atomic E-state index is 0.210. The van der Waals surface area contributed by atoms with Crippen molar-refractivity contribution < 1.29 is 9.13 Å². The molecule has 0 saturated heterocycles. The molecule has 2 aliphatic rings. The van der Waals surface area contributed by atoms with Crippen molar-refractivity contribution in [3.63, 3.8) is 0 Å². The summed E-state index contributed by atoms with van der Waals surface area (Å²) in [6.07, 6.45) is 1.98. The maximum atomic E-state index is 13.2. The monoisotopic (exact) mass is 380 g/mol. The number of hydrogen-bond acceptors (Lipinski definition) is 4. The largest absolute Gasteiger partial charge is 0.493 e. The van der Waals surface area contributed by atoms with Crippen molar-refractivity contribution in [2.24, 2.45) is 0 Å². The van der Waals surface area contributed by atoms with Gasteiger partial charge in [0.05, 0.1) is 12.3 Å². The number of rotatable bonds is 3. The second-order valence-corrected chi connectivity index (χ2v) is 8.34. The molecule has 27 heavy (non-hydrogen) atoms. The molecular weight excluding hydrogens is 359 g/mol. The fourth-order valence-corrected chi connectivity index (χ4v) is 5.05. The summed E-state index contributed by atoms with van der Waals surface area (Å²) >= 11 is 1.73. The van der Waals surface area contributed by atoms with E-state index in [0.29, 0.717) is 6.04 Å². The fraction of sp³-hybridized carbons (Fsp3) is 0.318. The number of thiazole rings is 1. The number of nitrogens with zero attached hydrogens (tertiary/aromatic N) is 2. The molecule has 5 rings (SSSR count). The lowest BCUT2D eigenvalue weighted by molar-refractivity contribution is 0.193. The summed E-state index contributed by atoms with van der Waals surface area (Å²) < 4.78 is 18.9. The number of hydrogen-bond donors (Lipinski definition) is 0. The molecule has 0 radical (unpaired) electrons. The number of halogens is 1. The summed E-state index contributed by atoms with van der Waals surface area (Å²) in [5.41, 5.74) is 4.81. The van der Waals surface area contributed by atoms with E-state index in [9.17, 15) is 4.39 Å². The zero-order chi connectivity index (χ0) is 18.4. The first kappa shape index (κ1) is 16.9. The van der Waals surface area contributed by atoms with Crippen molar-refractivity contribution in [1.29, 1.82) is 0 Å². The summed E-state index contributed by atoms with van der Waals surface area (Å²) in [5.74, 6) is 0.840. The summed E-state index contributed by atoms with van der Waals surface area (Å²) in [4.78, 5) is 8.64. The molecule has 2 aliphatic heterocycles. The molecule has 5 heteroatoms. The highest BCUT2D eigenvalue weighted by atomic mass is 32.1. The molecule has 0 saturated carbocycles. The van der Waals surface area contributed by atoms with Crippen LogP contribution in [0.15, 0.2) is 42.5 Å². The maximum absolute atomic E-state index is 13.2. The Labute approximate surface area is 162 Å². The van der Waals surface area contributed by atoms with Crippen molar-refractivity contribution >= 4 is 11.3 Å². The van der Waals surface area contributed by atoms with Gasteiger partial charge in [0.1, 0.15) is 16.6 Å². The Bertz CT molecular complexity index is 982. The van der Waals surface area contributed by atoms with E-state index in [1.807, 2.05) is 12.1 Å². The molecule has 138 valence electrons. The van der Waals surface area contributed by atoms with Crippen molar-refractivity contribution in [3.05, 3.63) is 70.0 Å². The van der Waals surface area contributed by atoms with Gasteiger partial charge in [0, 0.05) is 42.4 Å². The van der Waals surface area contributed by atoms with Crippen LogP contribution in [0.1, 0.15) is 34.7 Å². The lowest BCUT2D eigenvalue weighted by Crippen LogP contribution is -2.32. The lowest BCUT2D eigenvalue weighted by atomic mass is 10.0. The predicted octanol–water partition coefficient (Wildman–Crippen LogP) is 5.00. The van der Waals surface area contributed by atoms with E-state index in [1.165, 1.54) is 33.8 Å². The second kappa shape index (κ2) is 6.73. The Hall–Kier alpha value is -2.24. The van der Waals surface area contributed by atoms with Crippen molar-refractivity contribution in [1.82, 2.24) is 9.88 Å². The van der Waals surface area contributed by atoms with Crippen LogP contribution in [0, 0.1) is 5.82 Å². The molecule has 0 spiro atoms. The van der Waals surface area contributed by atoms with E-state index in [1.54, 1.807) is 11.3 Å². The lowest BCUT2D eigenvalue weighted by Gasteiger charge is -2.32. The molecule has 0 N–H and O–H groups in total. The molecule has 0 amide bonds. The van der Waals surface area contributed by atoms with Crippen LogP contribution >= 0.6 is 11.3 Å². The third kappa shape index (κ3) is 3.15. The van der Waals surface area contributed by atoms with Gasteiger partial charge < -0.3 is 4.74 Å². The Kier molecular flexibility index (Phi) is 4.21. The molecule has 0 fully saturated rings. The first-order valence-corrected chi connectivity index (χ1v) is 10.2. The van der Waals surface area contributed by atoms with E-state index in [2.05, 4.69) is 30.0 Å². The third-order valence-corrected chi connectivity index (χ3v) is 6.73. The highest BCUT2D eigenvalue weighted by molar-refractivity contribution is 7.15. The molecule has 1 atom stereocenters. The van der Waals surface area contributed by atoms with Crippen LogP contribution in [0.25, 0.3) is 10.6 Å². The van der Waals surface area contributed by atoms with E-state index < -0.39 is 0 Å². The average Bonchev–Trinajstić information content (AvgIpc) is 3.33. The standard InChI is InChI=1S/C22H21FN2OS/c1-14(17-3-2-15-9-11-26-20(15)12-17)25-10-8-19-21(13-25)27-22(24-19)16-4-6-18(23)7-5-16/h2-7,12,14H,8-11,13H2,1H3. The zero-order valence-corrected chi connectivity index (χ0v) is 16.1. The number of fused-ring (bicyclic) bond motifs is 2. The number of ether oxygens (including phenoxy) is 1. The Morgan fingerprint density at radius 3 is 2.85 bits per heavy atom. The van der Waals surface area contributed by atoms with Gasteiger partial charge in [0.15, 0.2) is 0 Å². The fourth-order valence-electron chi connectivity index (χ4n) is 3.92. The Morgan fingerprint density at radius 2 is 2.00 bits per heavy atom. The van der Waals surface area contributed by atoms with Gasteiger partial charge in [-0.1, -0.05) is 12.1 Å². The topological polar surface area (TPSA) is 25.4 Å². The van der Waals surface area contributed by atoms with Crippen molar-refractivity contribution in [2.75, 3.05) is 13.2 Å². The summed E-state index contributed by atoms with van der Waals surface area (Å²) in [7, 11) is 0. The van der Waals surface area contributed by atoms with E-state index in [-0.39, 0.29) is 5.82 Å². The number of aromatic nitrogens is 1. The third-order valence-electron chi connectivity index (χ3n) is 5.60. The summed E-state index contributed by atoms with van der Waals surface area (Å²) in [6, 6.07) is 13.6. The van der Waals surface area contributed by atoms with Crippen molar-refractivity contribution in [3.8, 4) is 16.3 Å². The van der Waals surface area contributed by atoms with Gasteiger partial charge >= 0.3 is 0 Å². The van der Waals surface area contributed by atoms with E-state index >= 15 is 0 Å². The smallest absolute Gasteiger partial charge is 0.123 e. The van der Waals surface area contributed by atoms with Crippen LogP contribution in [0.4, 0.5) is 4.39 Å². The van der Waals surface area contributed by atoms with Crippen LogP contribution < -0.4 is 4.74 Å². The second-order valence-electron chi connectivity index (χ2n) is 7.26. The quantitative estimate of drug-likeness (QED) is 0.639. The Balaban J connectivity index is 1.37. The SMILES string of the molecule is CC(c1ccc2c(c1)OCC2)N1CCc2nc(-c3ccc(F)cc3)sc2C1. The van der Waals surface area contributed by atoms with E-state index in [0.717, 1.165) is 48.9 Å². The molecule has 3 nitrogen and oxygen atoms in total. The molecular formula is C22H21FN2OS. The van der Waals surface area contributed by atoms with Crippen LogP contribution in [-0.2, 0) is 19.4 Å². The summed E-state index contributed by atoms with van der Waals surface area (Å²) in [5, 5.41) is 0.987. The zero-order valence-electron chi connectivity index (χ0n) is 15.2. The van der Waals surface area contributed by atoms with Crippen LogP contribution in [0.5, 0.6) is 5.75 Å². The van der Waals surface area contributed by atoms with Crippen LogP contribution in [0.2, 0.25) is 0 Å². The van der Waals surface area contributed by atoms with Gasteiger partial charge in [-0.05, 0) is 48.4 Å². The Morgan fingerprint density at radius 1 is 1.15 bits per heavy atom. The first-order valence-electron chi connectivity index (χ1n) is 9.41. The minimum atomic E-state index is -0.210. The van der Waals surface area contributed by atoms with Crippen LogP contribution in [0.3, 0.4) is 0 Å². The van der Waals surface area contributed by atoms with Gasteiger partial charge in [-0.3, -0.25) is 4.90 Å². The van der Waals surface area contributed by atoms with Gasteiger partial charge in [0.2, 0.25) is 0 Å². The highest BCUT2D eigenvalue weighted by Gasteiger charge is 2.26. The highest BCUT2D eigenvalue weighted by Crippen LogP contribution is 2.36. The molecule has 3 aromatic rings. The minimum Gasteiger partial charge on any atom is -0.493 e. The molecule has 1 unspecified atom stereocenters. The average molecular weight is 380 g/mol. The molecule has 0 aliphatic carbocycles. The van der Waals surface area contributed by atoms with Gasteiger partial charge in [-0.2, -0.15) is 0 Å². The van der Waals surface area contributed by atoms with Crippen molar-refractivity contribution in [2.45, 2.75) is 32.4 Å². The molecule has 3 heterocycles. The first-order chi connectivity index (χ1) is 13.2. The molecule has 0 bridgehead atoms. The van der Waals surface area contributed by atoms with E-state index in [4.69, 9.17) is 9.72 Å². The normalized spacial score (nSPS) is 17.3. The van der Waals surface area contributed by atoms with Gasteiger partial charge in [-0.25, -0.2) is 9.37 Å². The molecule has 2 aromatic carbocycles. The maximum Gasteiger partial charge on any atom is 0.123 e.